The second-order valence-electron chi connectivity index (χ2n) is 6.56. The number of carbonyl (C=O) groups is 2. The van der Waals surface area contributed by atoms with Crippen LogP contribution in [0.3, 0.4) is 0 Å². The fourth-order valence-electron chi connectivity index (χ4n) is 3.38. The summed E-state index contributed by atoms with van der Waals surface area (Å²) in [5.74, 6) is -0.0350. The molecule has 0 aromatic heterocycles. The van der Waals surface area contributed by atoms with E-state index in [-0.39, 0.29) is 24.1 Å². The topological polar surface area (TPSA) is 65.7 Å². The Morgan fingerprint density at radius 3 is 2.27 bits per heavy atom. The third-order valence-electron chi connectivity index (χ3n) is 4.98. The van der Waals surface area contributed by atoms with Gasteiger partial charge < -0.3 is 14.4 Å². The third-order valence-corrected chi connectivity index (χ3v) is 4.98. The average Bonchev–Trinajstić information content (AvgIpc) is 3.40. The van der Waals surface area contributed by atoms with Crippen LogP contribution in [0.4, 0.5) is 4.79 Å². The highest BCUT2D eigenvalue weighted by atomic mass is 16.6. The van der Waals surface area contributed by atoms with E-state index in [1.807, 2.05) is 6.92 Å². The highest BCUT2D eigenvalue weighted by Crippen LogP contribution is 2.37. The Kier molecular flexibility index (Phi) is 4.41. The Morgan fingerprint density at radius 2 is 1.73 bits per heavy atom. The summed E-state index contributed by atoms with van der Waals surface area (Å²) >= 11 is 0. The summed E-state index contributed by atoms with van der Waals surface area (Å²) in [4.78, 5) is 29.0. The number of epoxide rings is 2. The zero-order chi connectivity index (χ0) is 15.7. The number of unbranched alkanes of at least 4 members (excludes halogenated alkanes) is 2. The number of ether oxygens (including phenoxy) is 2. The molecular formula is C16H26N2O4. The number of nitrogens with zero attached hydrogens (tertiary/aromatic N) is 2. The van der Waals surface area contributed by atoms with Crippen LogP contribution in [0, 0.1) is 0 Å². The van der Waals surface area contributed by atoms with Crippen LogP contribution in [0.1, 0.15) is 46.0 Å². The van der Waals surface area contributed by atoms with Crippen LogP contribution in [0.2, 0.25) is 0 Å². The van der Waals surface area contributed by atoms with Crippen molar-refractivity contribution in [3.63, 3.8) is 0 Å². The van der Waals surface area contributed by atoms with Gasteiger partial charge in [-0.25, -0.2) is 4.79 Å². The van der Waals surface area contributed by atoms with E-state index in [4.69, 9.17) is 9.47 Å². The highest BCUT2D eigenvalue weighted by molar-refractivity contribution is 6.07. The number of hydrogen-bond acceptors (Lipinski definition) is 4. The summed E-state index contributed by atoms with van der Waals surface area (Å²) in [5, 5.41) is 0. The van der Waals surface area contributed by atoms with Crippen LogP contribution < -0.4 is 0 Å². The summed E-state index contributed by atoms with van der Waals surface area (Å²) in [6.45, 7) is 6.43. The number of urea groups is 1. The van der Waals surface area contributed by atoms with Gasteiger partial charge in [-0.15, -0.1) is 0 Å². The first kappa shape index (κ1) is 15.7. The zero-order valence-corrected chi connectivity index (χ0v) is 13.5. The SMILES string of the molecule is CCCCCC1(CC)C(=O)N(CC2CO2)C(=O)N1CC1CO1. The van der Waals surface area contributed by atoms with E-state index in [1.54, 1.807) is 4.90 Å². The van der Waals surface area contributed by atoms with Gasteiger partial charge in [-0.1, -0.05) is 33.1 Å². The van der Waals surface area contributed by atoms with Crippen molar-refractivity contribution in [2.24, 2.45) is 0 Å². The molecule has 0 aromatic rings. The molecule has 6 nitrogen and oxygen atoms in total. The van der Waals surface area contributed by atoms with Crippen molar-refractivity contribution in [1.29, 1.82) is 0 Å². The second-order valence-corrected chi connectivity index (χ2v) is 6.56. The number of hydrogen-bond donors (Lipinski definition) is 0. The zero-order valence-electron chi connectivity index (χ0n) is 13.5. The number of carbonyl (C=O) groups excluding carboxylic acids is 2. The predicted octanol–water partition coefficient (Wildman–Crippen LogP) is 1.78. The van der Waals surface area contributed by atoms with Crippen LogP contribution in [0.25, 0.3) is 0 Å². The summed E-state index contributed by atoms with van der Waals surface area (Å²) in [7, 11) is 0. The Bertz CT molecular complexity index is 447. The van der Waals surface area contributed by atoms with Crippen molar-refractivity contribution in [2.45, 2.75) is 63.7 Å². The molecular weight excluding hydrogens is 284 g/mol. The molecule has 3 aliphatic heterocycles. The molecule has 0 aromatic carbocycles. The molecule has 0 aliphatic carbocycles. The molecule has 3 amide bonds. The number of amides is 3. The van der Waals surface area contributed by atoms with Crippen LogP contribution in [0.15, 0.2) is 0 Å². The molecule has 0 N–H and O–H groups in total. The molecule has 0 saturated carbocycles. The lowest BCUT2D eigenvalue weighted by atomic mass is 9.87. The van der Waals surface area contributed by atoms with Crippen molar-refractivity contribution in [3.05, 3.63) is 0 Å². The van der Waals surface area contributed by atoms with E-state index in [0.29, 0.717) is 32.7 Å². The van der Waals surface area contributed by atoms with E-state index in [0.717, 1.165) is 25.7 Å². The molecule has 3 saturated heterocycles. The molecule has 3 atom stereocenters. The maximum absolute atomic E-state index is 13.0. The fraction of sp³-hybridized carbons (Fsp3) is 0.875. The minimum atomic E-state index is -0.674. The lowest BCUT2D eigenvalue weighted by Gasteiger charge is -2.34. The lowest BCUT2D eigenvalue weighted by molar-refractivity contribution is -0.134. The first-order valence-corrected chi connectivity index (χ1v) is 8.49. The molecule has 124 valence electrons. The molecule has 3 aliphatic rings. The van der Waals surface area contributed by atoms with E-state index in [1.165, 1.54) is 4.90 Å². The summed E-state index contributed by atoms with van der Waals surface area (Å²) in [6.07, 6.45) is 4.71. The van der Waals surface area contributed by atoms with Crippen LogP contribution in [-0.4, -0.2) is 65.8 Å². The molecule has 22 heavy (non-hydrogen) atoms. The molecule has 3 heterocycles. The Balaban J connectivity index is 1.80. The smallest absolute Gasteiger partial charge is 0.327 e. The van der Waals surface area contributed by atoms with Gasteiger partial charge in [-0.2, -0.15) is 0 Å². The van der Waals surface area contributed by atoms with Gasteiger partial charge in [-0.05, 0) is 12.8 Å². The van der Waals surface area contributed by atoms with Gasteiger partial charge in [0.1, 0.15) is 5.54 Å². The first-order chi connectivity index (χ1) is 10.6. The minimum Gasteiger partial charge on any atom is -0.371 e. The van der Waals surface area contributed by atoms with Crippen LogP contribution in [-0.2, 0) is 14.3 Å². The van der Waals surface area contributed by atoms with E-state index < -0.39 is 5.54 Å². The average molecular weight is 310 g/mol. The standard InChI is InChI=1S/C16H26N2O4/c1-3-5-6-7-16(4-2)14(19)17(8-12-10-21-12)15(20)18(16)9-13-11-22-13/h12-13H,3-11H2,1-2H3. The Labute approximate surface area is 131 Å². The molecule has 0 spiro atoms. The fourth-order valence-corrected chi connectivity index (χ4v) is 3.38. The summed E-state index contributed by atoms with van der Waals surface area (Å²) in [5.41, 5.74) is -0.674. The molecule has 0 radical (unpaired) electrons. The molecule has 6 heteroatoms. The first-order valence-electron chi connectivity index (χ1n) is 8.49. The predicted molar refractivity (Wildman–Crippen MR) is 80.5 cm³/mol. The monoisotopic (exact) mass is 310 g/mol. The normalized spacial score (nSPS) is 33.7. The maximum Gasteiger partial charge on any atom is 0.327 e. The quantitative estimate of drug-likeness (QED) is 0.370. The van der Waals surface area contributed by atoms with Gasteiger partial charge in [0.25, 0.3) is 5.91 Å². The maximum atomic E-state index is 13.0. The second kappa shape index (κ2) is 6.16. The van der Waals surface area contributed by atoms with Crippen molar-refractivity contribution >= 4 is 11.9 Å². The Hall–Kier alpha value is -1.14. The lowest BCUT2D eigenvalue weighted by Crippen LogP contribution is -2.50. The van der Waals surface area contributed by atoms with E-state index in [9.17, 15) is 9.59 Å². The molecule has 0 bridgehead atoms. The highest BCUT2D eigenvalue weighted by Gasteiger charge is 2.57. The van der Waals surface area contributed by atoms with Gasteiger partial charge in [0.05, 0.1) is 38.5 Å². The summed E-state index contributed by atoms with van der Waals surface area (Å²) < 4.78 is 10.5. The van der Waals surface area contributed by atoms with E-state index >= 15 is 0 Å². The molecule has 3 rings (SSSR count). The van der Waals surface area contributed by atoms with Gasteiger partial charge in [0.15, 0.2) is 0 Å². The van der Waals surface area contributed by atoms with Gasteiger partial charge >= 0.3 is 6.03 Å². The Morgan fingerprint density at radius 1 is 1.09 bits per heavy atom. The molecule has 3 unspecified atom stereocenters. The largest absolute Gasteiger partial charge is 0.371 e. The van der Waals surface area contributed by atoms with Gasteiger partial charge in [0, 0.05) is 0 Å². The summed E-state index contributed by atoms with van der Waals surface area (Å²) in [6, 6.07) is -0.158. The van der Waals surface area contributed by atoms with E-state index in [2.05, 4.69) is 6.92 Å². The van der Waals surface area contributed by atoms with Crippen molar-refractivity contribution in [2.75, 3.05) is 26.3 Å². The number of imide groups is 1. The van der Waals surface area contributed by atoms with Crippen molar-refractivity contribution < 1.29 is 19.1 Å². The van der Waals surface area contributed by atoms with Crippen molar-refractivity contribution in [1.82, 2.24) is 9.80 Å². The minimum absolute atomic E-state index is 0.0350. The third kappa shape index (κ3) is 2.86. The number of rotatable bonds is 9. The molecule has 3 fully saturated rings. The van der Waals surface area contributed by atoms with Gasteiger partial charge in [-0.3, -0.25) is 9.69 Å². The van der Waals surface area contributed by atoms with Crippen molar-refractivity contribution in [3.8, 4) is 0 Å². The van der Waals surface area contributed by atoms with Crippen LogP contribution in [0.5, 0.6) is 0 Å². The van der Waals surface area contributed by atoms with Crippen LogP contribution >= 0.6 is 0 Å². The van der Waals surface area contributed by atoms with Gasteiger partial charge in [0.2, 0.25) is 0 Å².